The number of hydrogen-bond donors (Lipinski definition) is 8. The van der Waals surface area contributed by atoms with Crippen LogP contribution in [0, 0.1) is 0 Å². The van der Waals surface area contributed by atoms with E-state index in [1.165, 1.54) is 42.5 Å². The van der Waals surface area contributed by atoms with Gasteiger partial charge in [0.25, 0.3) is 0 Å². The summed E-state index contributed by atoms with van der Waals surface area (Å²) in [7, 11) is 0. The van der Waals surface area contributed by atoms with Gasteiger partial charge in [0, 0.05) is 42.5 Å². The van der Waals surface area contributed by atoms with Crippen LogP contribution in [0.2, 0.25) is 0 Å². The average Bonchev–Trinajstić information content (AvgIpc) is 0.805. The monoisotopic (exact) mass is 1340 g/mol. The Hall–Kier alpha value is -6.25. The molecule has 32 nitrogen and oxygen atoms in total. The number of ether oxygens (including phenoxy) is 17. The summed E-state index contributed by atoms with van der Waals surface area (Å²) >= 11 is 0. The maximum Gasteiger partial charge on any atom is 0.330 e. The largest absolute Gasteiger partial charge is 0.460 e. The molecule has 93 heavy (non-hydrogen) atoms. The highest BCUT2D eigenvalue weighted by molar-refractivity contribution is 5.84. The van der Waals surface area contributed by atoms with Gasteiger partial charge in [0.1, 0.15) is 138 Å². The highest BCUT2D eigenvalue weighted by Gasteiger charge is 2.55. The minimum absolute atomic E-state index is 0.559. The van der Waals surface area contributed by atoms with Crippen molar-refractivity contribution in [2.75, 3.05) is 106 Å². The van der Waals surface area contributed by atoms with Crippen molar-refractivity contribution in [3.8, 4) is 0 Å². The highest BCUT2D eigenvalue weighted by atomic mass is 16.8. The molecule has 0 spiro atoms. The molecule has 2 aliphatic rings. The Morgan fingerprint density at radius 2 is 0.559 bits per heavy atom. The maximum atomic E-state index is 12.4. The summed E-state index contributed by atoms with van der Waals surface area (Å²) in [5, 5.41) is 89.2. The van der Waals surface area contributed by atoms with Gasteiger partial charge in [0.2, 0.25) is 0 Å². The molecule has 0 radical (unpaired) electrons. The predicted molar refractivity (Wildman–Crippen MR) is 317 cm³/mol. The van der Waals surface area contributed by atoms with Crippen LogP contribution >= 0.6 is 0 Å². The molecule has 2 saturated heterocycles. The van der Waals surface area contributed by atoms with Crippen LogP contribution in [0.1, 0.15) is 48.5 Å². The first-order chi connectivity index (χ1) is 44.6. The smallest absolute Gasteiger partial charge is 0.330 e. The standard InChI is InChI=1S/C61H92O32/c1-8-15-47(70)78-24-38(63)23-77-37-46-54(85-31-39(64)25-79-48(71)16-9-2)56(86-32-40(65)26-80-49(72)17-10-3)59(89-35-43(68)29-83-52(75)20-13-6)61(92-46)93-55-45(22-62)91-60(90-36-44(69)30-84-53(76)21-14-7)58(88-34-42(67)28-82-51(74)19-12-5)57(55)87-33-41(66)27-81-50(73)18-11-4/h8-21,38-46,54-69H,22-37H2,1-7H3/t38?,39?,40?,41?,42?,43?,44?,45-,46-,54+,55-,56+,57+,58-,59-,60?,61+/m1/s1. The van der Waals surface area contributed by atoms with Crippen LogP contribution < -0.4 is 0 Å². The van der Waals surface area contributed by atoms with Gasteiger partial charge in [-0.25, -0.2) is 33.6 Å². The first kappa shape index (κ1) is 82.8. The topological polar surface area (TPSA) is 438 Å². The number of carbonyl (C=O) groups excluding carboxylic acids is 7. The number of esters is 7. The third-order valence-corrected chi connectivity index (χ3v) is 12.1. The van der Waals surface area contributed by atoms with Crippen molar-refractivity contribution in [2.24, 2.45) is 0 Å². The Kier molecular flexibility index (Phi) is 43.2. The SMILES string of the molecule is CC=CC(=O)OCC(O)COC[C@H]1O[C@@H](O[C@H]2[C@H](OCC(O)COC(=O)C=CC)[C@@H](OCC(O)COC(=O)C=CC)C(OCC(O)COC(=O)C=CC)O[C@@H]2CO)[C@H](OCC(O)COC(=O)C=CC)[C@@H](OCC(O)COC(=O)C=CC)[C@H]1OCC(O)COC(=O)C=CC. The molecular weight excluding hydrogens is 1240 g/mol. The van der Waals surface area contributed by atoms with E-state index in [4.69, 9.17) is 80.5 Å². The molecule has 0 saturated carbocycles. The average molecular weight is 1340 g/mol. The van der Waals surface area contributed by atoms with Crippen molar-refractivity contribution in [1.29, 1.82) is 0 Å². The van der Waals surface area contributed by atoms with Gasteiger partial charge in [0.15, 0.2) is 12.6 Å². The molecule has 2 rings (SSSR count). The van der Waals surface area contributed by atoms with Crippen molar-refractivity contribution in [2.45, 2.75) is 153 Å². The molecule has 32 heteroatoms. The molecule has 0 aromatic rings. The molecular formula is C61H92O32. The third kappa shape index (κ3) is 34.6. The summed E-state index contributed by atoms with van der Waals surface area (Å²) < 4.78 is 99.0. The minimum atomic E-state index is -1.99. The van der Waals surface area contributed by atoms with E-state index in [1.807, 2.05) is 0 Å². The number of rotatable bonds is 46. The van der Waals surface area contributed by atoms with Crippen molar-refractivity contribution >= 4 is 41.8 Å². The second-order valence-corrected chi connectivity index (χ2v) is 20.2. The van der Waals surface area contributed by atoms with Gasteiger partial charge < -0.3 is 121 Å². The van der Waals surface area contributed by atoms with E-state index in [9.17, 15) is 74.4 Å². The summed E-state index contributed by atoms with van der Waals surface area (Å²) in [5.41, 5.74) is 0. The van der Waals surface area contributed by atoms with Gasteiger partial charge in [-0.15, -0.1) is 0 Å². The zero-order valence-corrected chi connectivity index (χ0v) is 53.1. The lowest BCUT2D eigenvalue weighted by atomic mass is 9.95. The van der Waals surface area contributed by atoms with Crippen molar-refractivity contribution in [1.82, 2.24) is 0 Å². The lowest BCUT2D eigenvalue weighted by molar-refractivity contribution is -0.377. The van der Waals surface area contributed by atoms with Gasteiger partial charge in [-0.1, -0.05) is 42.5 Å². The summed E-state index contributed by atoms with van der Waals surface area (Å²) in [6.07, 6.45) is -11.3. The second kappa shape index (κ2) is 48.4. The normalized spacial score (nSPS) is 24.3. The zero-order chi connectivity index (χ0) is 69.1. The van der Waals surface area contributed by atoms with Crippen LogP contribution in [0.25, 0.3) is 0 Å². The summed E-state index contributed by atoms with van der Waals surface area (Å²) in [4.78, 5) is 85.9. The first-order valence-corrected chi connectivity index (χ1v) is 29.7. The lowest BCUT2D eigenvalue weighted by Gasteiger charge is -2.50. The Morgan fingerprint density at radius 1 is 0.312 bits per heavy atom. The molecule has 528 valence electrons. The fourth-order valence-electron chi connectivity index (χ4n) is 8.05. The fraction of sp³-hybridized carbons (Fsp3) is 0.656. The van der Waals surface area contributed by atoms with Gasteiger partial charge in [-0.2, -0.15) is 0 Å². The Bertz CT molecular complexity index is 2390. The van der Waals surface area contributed by atoms with Gasteiger partial charge in [0.05, 0.1) is 59.5 Å². The Labute approximate surface area is 538 Å². The van der Waals surface area contributed by atoms with Gasteiger partial charge in [-0.3, -0.25) is 0 Å². The van der Waals surface area contributed by atoms with Crippen molar-refractivity contribution < 1.29 is 155 Å². The first-order valence-electron chi connectivity index (χ1n) is 29.7. The molecule has 0 amide bonds. The maximum absolute atomic E-state index is 12.4. The summed E-state index contributed by atoms with van der Waals surface area (Å²) in [6.45, 7) is -0.207. The predicted octanol–water partition coefficient (Wildman–Crippen LogP) is -1.87. The van der Waals surface area contributed by atoms with E-state index in [2.05, 4.69) is 0 Å². The van der Waals surface area contributed by atoms with E-state index >= 15 is 0 Å². The molecule has 8 unspecified atom stereocenters. The lowest BCUT2D eigenvalue weighted by Crippen LogP contribution is -2.67. The Morgan fingerprint density at radius 3 is 0.860 bits per heavy atom. The van der Waals surface area contributed by atoms with Crippen molar-refractivity contribution in [3.05, 3.63) is 85.1 Å². The summed E-state index contributed by atoms with van der Waals surface area (Å²) in [6, 6.07) is 0. The Balaban J connectivity index is 3.05. The van der Waals surface area contributed by atoms with E-state index in [-0.39, 0.29) is 0 Å². The third-order valence-electron chi connectivity index (χ3n) is 12.1. The van der Waals surface area contributed by atoms with Crippen LogP contribution in [0.4, 0.5) is 0 Å². The second-order valence-electron chi connectivity index (χ2n) is 20.2. The number of aliphatic hydroxyl groups is 8. The highest BCUT2D eigenvalue weighted by Crippen LogP contribution is 2.36. The van der Waals surface area contributed by atoms with E-state index in [1.54, 1.807) is 48.5 Å². The van der Waals surface area contributed by atoms with Crippen LogP contribution in [-0.2, 0) is 114 Å². The molecule has 17 atom stereocenters. The van der Waals surface area contributed by atoms with Gasteiger partial charge >= 0.3 is 41.8 Å². The van der Waals surface area contributed by atoms with Crippen molar-refractivity contribution in [3.63, 3.8) is 0 Å². The number of aliphatic hydroxyl groups excluding tert-OH is 8. The van der Waals surface area contributed by atoms with E-state index < -0.39 is 252 Å². The molecule has 0 aromatic heterocycles. The minimum Gasteiger partial charge on any atom is -0.460 e. The quantitative estimate of drug-likeness (QED) is 0.0188. The van der Waals surface area contributed by atoms with Gasteiger partial charge in [-0.05, 0) is 48.5 Å². The van der Waals surface area contributed by atoms with E-state index in [0.29, 0.717) is 0 Å². The molecule has 0 aromatic carbocycles. The molecule has 2 heterocycles. The van der Waals surface area contributed by atoms with Crippen LogP contribution in [0.5, 0.6) is 0 Å². The number of carbonyl (C=O) groups is 7. The van der Waals surface area contributed by atoms with Crippen LogP contribution in [0.15, 0.2) is 85.1 Å². The fourth-order valence-corrected chi connectivity index (χ4v) is 8.05. The molecule has 8 N–H and O–H groups in total. The van der Waals surface area contributed by atoms with Crippen LogP contribution in [-0.4, -0.2) is 292 Å². The molecule has 2 aliphatic heterocycles. The van der Waals surface area contributed by atoms with E-state index in [0.717, 1.165) is 42.5 Å². The number of allylic oxidation sites excluding steroid dienone is 7. The van der Waals surface area contributed by atoms with Crippen LogP contribution in [0.3, 0.4) is 0 Å². The molecule has 2 fully saturated rings. The summed E-state index contributed by atoms with van der Waals surface area (Å²) in [5.74, 6) is -5.78. The number of hydrogen-bond acceptors (Lipinski definition) is 32. The zero-order valence-electron chi connectivity index (χ0n) is 53.1. The molecule has 0 bridgehead atoms. The molecule has 0 aliphatic carbocycles.